The van der Waals surface area contributed by atoms with Crippen molar-refractivity contribution in [2.75, 3.05) is 11.1 Å². The van der Waals surface area contributed by atoms with Crippen molar-refractivity contribution in [2.24, 2.45) is 0 Å². The average molecular weight is 376 g/mol. The molecule has 4 rings (SSSR count). The van der Waals surface area contributed by atoms with Crippen LogP contribution >= 0.6 is 11.8 Å². The van der Waals surface area contributed by atoms with Gasteiger partial charge in [-0.05, 0) is 35.3 Å². The predicted octanol–water partition coefficient (Wildman–Crippen LogP) is 3.36. The maximum atomic E-state index is 12.4. The zero-order valence-corrected chi connectivity index (χ0v) is 15.3. The molecule has 1 aromatic heterocycles. The first-order valence-corrected chi connectivity index (χ1v) is 9.59. The number of H-pyrrole nitrogens is 1. The zero-order valence-electron chi connectivity index (χ0n) is 14.5. The molecular weight excluding hydrogens is 358 g/mol. The van der Waals surface area contributed by atoms with Crippen molar-refractivity contribution in [3.05, 3.63) is 72.8 Å². The highest BCUT2D eigenvalue weighted by Crippen LogP contribution is 2.23. The highest BCUT2D eigenvalue weighted by Gasteiger charge is 2.17. The van der Waals surface area contributed by atoms with Crippen molar-refractivity contribution in [3.8, 4) is 5.69 Å². The Morgan fingerprint density at radius 1 is 1.00 bits per heavy atom. The summed E-state index contributed by atoms with van der Waals surface area (Å²) in [5.74, 6) is 0.587. The Morgan fingerprint density at radius 2 is 1.78 bits per heavy atom. The Hall–Kier alpha value is -3.19. The Balaban J connectivity index is 1.37. The quantitative estimate of drug-likeness (QED) is 0.400. The molecule has 0 aliphatic heterocycles. The molecule has 6 nitrogen and oxygen atoms in total. The fourth-order valence-corrected chi connectivity index (χ4v) is 3.66. The lowest BCUT2D eigenvalue weighted by atomic mass is 10.1. The number of para-hydroxylation sites is 1. The van der Waals surface area contributed by atoms with E-state index in [4.69, 9.17) is 0 Å². The van der Waals surface area contributed by atoms with Gasteiger partial charge in [-0.15, -0.1) is 4.68 Å². The molecule has 4 aromatic rings. The maximum absolute atomic E-state index is 12.4. The zero-order chi connectivity index (χ0) is 18.5. The van der Waals surface area contributed by atoms with Crippen LogP contribution in [0.3, 0.4) is 0 Å². The fourth-order valence-electron chi connectivity index (χ4n) is 2.82. The first kappa shape index (κ1) is 17.2. The summed E-state index contributed by atoms with van der Waals surface area (Å²) in [5, 5.41) is 16.7. The molecule has 0 saturated heterocycles. The van der Waals surface area contributed by atoms with Gasteiger partial charge in [0, 0.05) is 23.2 Å². The van der Waals surface area contributed by atoms with E-state index in [9.17, 15) is 4.79 Å². The highest BCUT2D eigenvalue weighted by molar-refractivity contribution is 7.99. The second-order valence-electron chi connectivity index (χ2n) is 5.93. The second kappa shape index (κ2) is 8.01. The first-order valence-electron chi connectivity index (χ1n) is 8.60. The van der Waals surface area contributed by atoms with Gasteiger partial charge in [-0.2, -0.15) is 0 Å². The van der Waals surface area contributed by atoms with Crippen LogP contribution < -0.4 is 10.00 Å². The molecule has 0 aliphatic carbocycles. The fraction of sp³-hybridized carbons (Fsp3) is 0.100. The van der Waals surface area contributed by atoms with Crippen LogP contribution in [0.4, 0.5) is 5.69 Å². The van der Waals surface area contributed by atoms with Crippen molar-refractivity contribution in [1.82, 2.24) is 15.5 Å². The van der Waals surface area contributed by atoms with Crippen molar-refractivity contribution in [2.45, 2.75) is 11.6 Å². The molecule has 0 bridgehead atoms. The number of thioether (sulfide) groups is 1. The summed E-state index contributed by atoms with van der Waals surface area (Å²) in [6, 6.07) is 23.7. The van der Waals surface area contributed by atoms with E-state index < -0.39 is 0 Å². The number of fused-ring (bicyclic) bond motifs is 1. The average Bonchev–Trinajstić information content (AvgIpc) is 3.17. The van der Waals surface area contributed by atoms with Crippen LogP contribution in [0.15, 0.2) is 78.0 Å². The lowest BCUT2D eigenvalue weighted by Gasteiger charge is -2.08. The molecule has 27 heavy (non-hydrogen) atoms. The van der Waals surface area contributed by atoms with Crippen LogP contribution in [0.5, 0.6) is 0 Å². The van der Waals surface area contributed by atoms with Gasteiger partial charge in [0.25, 0.3) is 0 Å². The van der Waals surface area contributed by atoms with Crippen LogP contribution in [0, 0.1) is 0 Å². The monoisotopic (exact) mass is 376 g/mol. The lowest BCUT2D eigenvalue weighted by Crippen LogP contribution is -2.35. The third kappa shape index (κ3) is 3.98. The van der Waals surface area contributed by atoms with Crippen molar-refractivity contribution < 1.29 is 9.48 Å². The van der Waals surface area contributed by atoms with Crippen LogP contribution in [-0.4, -0.2) is 27.2 Å². The van der Waals surface area contributed by atoms with Gasteiger partial charge in [-0.3, -0.25) is 4.79 Å². The second-order valence-corrected chi connectivity index (χ2v) is 6.99. The molecule has 0 radical (unpaired) electrons. The number of hydrogen-bond donors (Lipinski definition) is 2. The van der Waals surface area contributed by atoms with Crippen molar-refractivity contribution in [1.29, 1.82) is 0 Å². The molecule has 3 aromatic carbocycles. The number of benzene rings is 3. The summed E-state index contributed by atoms with van der Waals surface area (Å²) >= 11 is 1.49. The van der Waals surface area contributed by atoms with E-state index in [1.807, 2.05) is 72.8 Å². The molecule has 7 heteroatoms. The van der Waals surface area contributed by atoms with Crippen LogP contribution in [-0.2, 0) is 4.79 Å². The van der Waals surface area contributed by atoms with Crippen LogP contribution in [0.25, 0.3) is 16.5 Å². The number of aromatic nitrogens is 4. The standard InChI is InChI=1S/C20H17N5OS/c26-19(21-18-12-6-8-15-7-4-5-11-17(15)18)13-14-27-20-22-23-24-25(20)16-9-2-1-3-10-16/h1-12H,13-14H2,(H,21,26)/p+1. The van der Waals surface area contributed by atoms with Gasteiger partial charge in [0.1, 0.15) is 10.8 Å². The minimum absolute atomic E-state index is 0.0198. The summed E-state index contributed by atoms with van der Waals surface area (Å²) in [6.07, 6.45) is 0.384. The van der Waals surface area contributed by atoms with Gasteiger partial charge in [0.15, 0.2) is 5.21 Å². The van der Waals surface area contributed by atoms with Crippen LogP contribution in [0.2, 0.25) is 0 Å². The molecule has 0 saturated carbocycles. The normalized spacial score (nSPS) is 10.8. The van der Waals surface area contributed by atoms with Gasteiger partial charge < -0.3 is 5.32 Å². The number of carbonyl (C=O) groups is 1. The number of nitrogens with zero attached hydrogens (tertiary/aromatic N) is 3. The van der Waals surface area contributed by atoms with E-state index >= 15 is 0 Å². The number of hydrogen-bond acceptors (Lipinski definition) is 4. The Kier molecular flexibility index (Phi) is 5.11. The molecule has 1 heterocycles. The third-order valence-electron chi connectivity index (χ3n) is 4.11. The summed E-state index contributed by atoms with van der Waals surface area (Å²) in [4.78, 5) is 12.4. The number of amides is 1. The maximum Gasteiger partial charge on any atom is 0.365 e. The molecule has 0 fully saturated rings. The molecule has 0 aliphatic rings. The van der Waals surface area contributed by atoms with Gasteiger partial charge >= 0.3 is 5.16 Å². The third-order valence-corrected chi connectivity index (χ3v) is 5.04. The first-order chi connectivity index (χ1) is 13.3. The number of anilines is 1. The smallest absolute Gasteiger partial charge is 0.325 e. The summed E-state index contributed by atoms with van der Waals surface area (Å²) in [7, 11) is 0. The molecule has 0 unspecified atom stereocenters. The van der Waals surface area contributed by atoms with E-state index in [0.29, 0.717) is 12.2 Å². The number of aromatic amines is 1. The highest BCUT2D eigenvalue weighted by atomic mass is 32.2. The molecule has 0 atom stereocenters. The van der Waals surface area contributed by atoms with Crippen LogP contribution in [0.1, 0.15) is 6.42 Å². The molecular formula is C20H18N5OS+. The molecule has 134 valence electrons. The van der Waals surface area contributed by atoms with Gasteiger partial charge in [-0.1, -0.05) is 59.8 Å². The lowest BCUT2D eigenvalue weighted by molar-refractivity contribution is -0.697. The summed E-state index contributed by atoms with van der Waals surface area (Å²) in [5.41, 5.74) is 1.79. The minimum atomic E-state index is -0.0198. The van der Waals surface area contributed by atoms with Gasteiger partial charge in [0.05, 0.1) is 0 Å². The van der Waals surface area contributed by atoms with E-state index in [2.05, 4.69) is 20.8 Å². The largest absolute Gasteiger partial charge is 0.365 e. The Bertz CT molecular complexity index is 1060. The predicted molar refractivity (Wildman–Crippen MR) is 106 cm³/mol. The Labute approximate surface area is 160 Å². The van der Waals surface area contributed by atoms with Gasteiger partial charge in [0.2, 0.25) is 5.91 Å². The molecule has 0 spiro atoms. The van der Waals surface area contributed by atoms with E-state index in [0.717, 1.165) is 27.3 Å². The summed E-state index contributed by atoms with van der Waals surface area (Å²) in [6.45, 7) is 0. The topological polar surface area (TPSA) is 74.5 Å². The van der Waals surface area contributed by atoms with E-state index in [1.54, 1.807) is 4.68 Å². The number of rotatable bonds is 6. The van der Waals surface area contributed by atoms with E-state index in [1.165, 1.54) is 11.8 Å². The minimum Gasteiger partial charge on any atom is -0.325 e. The SMILES string of the molecule is O=C(CCSc1nn[nH][n+]1-c1ccccc1)Nc1cccc2ccccc12. The van der Waals surface area contributed by atoms with Crippen molar-refractivity contribution in [3.63, 3.8) is 0 Å². The van der Waals surface area contributed by atoms with Crippen molar-refractivity contribution >= 4 is 34.1 Å². The number of nitrogens with one attached hydrogen (secondary N) is 2. The Morgan fingerprint density at radius 3 is 2.67 bits per heavy atom. The van der Waals surface area contributed by atoms with E-state index in [-0.39, 0.29) is 5.91 Å². The molecule has 2 N–H and O–H groups in total. The molecule has 1 amide bonds. The number of tetrazole rings is 1. The summed E-state index contributed by atoms with van der Waals surface area (Å²) < 4.78 is 1.80. The van der Waals surface area contributed by atoms with Gasteiger partial charge in [-0.25, -0.2) is 0 Å². The number of carbonyl (C=O) groups excluding carboxylic acids is 1.